The second-order valence-electron chi connectivity index (χ2n) is 7.59. The molecule has 0 heterocycles. The van der Waals surface area contributed by atoms with E-state index in [0.717, 1.165) is 0 Å². The van der Waals surface area contributed by atoms with Crippen molar-refractivity contribution in [3.63, 3.8) is 0 Å². The number of carbonyl (C=O) groups excluding carboxylic acids is 2. The average molecular weight is 511 g/mol. The van der Waals surface area contributed by atoms with Gasteiger partial charge in [0.1, 0.15) is 12.1 Å². The van der Waals surface area contributed by atoms with Crippen LogP contribution < -0.4 is 16.0 Å². The van der Waals surface area contributed by atoms with E-state index in [4.69, 9.17) is 4.74 Å². The molecule has 0 fully saturated rings. The number of hydrogen-bond donors (Lipinski definition) is 3. The summed E-state index contributed by atoms with van der Waals surface area (Å²) in [5, 5.41) is 9.27. The van der Waals surface area contributed by atoms with Gasteiger partial charge in [-0.3, -0.25) is 4.79 Å². The van der Waals surface area contributed by atoms with Crippen molar-refractivity contribution in [3.8, 4) is 0 Å². The second-order valence-corrected chi connectivity index (χ2v) is 7.59. The molecule has 0 rings (SSSR count). The maximum Gasteiger partial charge on any atom is 0.408 e. The molecule has 9 heteroatoms. The van der Waals surface area contributed by atoms with Gasteiger partial charge < -0.3 is 25.6 Å². The van der Waals surface area contributed by atoms with E-state index in [9.17, 15) is 9.59 Å². The zero-order chi connectivity index (χ0) is 21.1. The van der Waals surface area contributed by atoms with Gasteiger partial charge in [0.2, 0.25) is 5.91 Å². The summed E-state index contributed by atoms with van der Waals surface area (Å²) in [6, 6.07) is 0. The van der Waals surface area contributed by atoms with Crippen molar-refractivity contribution in [2.75, 3.05) is 33.7 Å². The number of likely N-dealkylation sites (N-methyl/N-ethyl adjacent to an activating group) is 1. The van der Waals surface area contributed by atoms with Crippen LogP contribution in [0.25, 0.3) is 0 Å². The van der Waals surface area contributed by atoms with Crippen LogP contribution in [0.5, 0.6) is 0 Å². The van der Waals surface area contributed by atoms with Gasteiger partial charge in [0, 0.05) is 27.2 Å². The molecule has 0 aromatic carbocycles. The number of alkyl carbamates (subject to hydrolysis) is 1. The topological polar surface area (TPSA) is 95.1 Å². The quantitative estimate of drug-likeness (QED) is 0.191. The van der Waals surface area contributed by atoms with E-state index in [2.05, 4.69) is 27.5 Å². The van der Waals surface area contributed by atoms with Crippen molar-refractivity contribution < 1.29 is 14.3 Å². The summed E-state index contributed by atoms with van der Waals surface area (Å²) in [5.41, 5.74) is -1.06. The Hall–Kier alpha value is -1.52. The van der Waals surface area contributed by atoms with Gasteiger partial charge >= 0.3 is 6.09 Å². The number of nitrogens with zero attached hydrogens (tertiary/aromatic N) is 2. The molecule has 0 aromatic heterocycles. The normalized spacial score (nSPS) is 11.8. The van der Waals surface area contributed by atoms with Crippen molar-refractivity contribution in [3.05, 3.63) is 12.7 Å². The summed E-state index contributed by atoms with van der Waals surface area (Å²) >= 11 is 0. The maximum atomic E-state index is 12.2. The summed E-state index contributed by atoms with van der Waals surface area (Å²) < 4.78 is 5.39. The Bertz CT molecular complexity index is 526. The van der Waals surface area contributed by atoms with Gasteiger partial charge in [0.15, 0.2) is 5.96 Å². The van der Waals surface area contributed by atoms with E-state index in [1.807, 2.05) is 34.6 Å². The van der Waals surface area contributed by atoms with Crippen LogP contribution in [-0.4, -0.2) is 67.7 Å². The molecule has 28 heavy (non-hydrogen) atoms. The van der Waals surface area contributed by atoms with Gasteiger partial charge in [0.25, 0.3) is 0 Å². The average Bonchev–Trinajstić information content (AvgIpc) is 2.57. The van der Waals surface area contributed by atoms with Crippen LogP contribution in [0, 0.1) is 0 Å². The first-order valence-electron chi connectivity index (χ1n) is 9.33. The molecule has 0 spiro atoms. The van der Waals surface area contributed by atoms with Gasteiger partial charge in [-0.05, 0) is 33.6 Å². The molecule has 3 N–H and O–H groups in total. The number of halogens is 1. The Kier molecular flexibility index (Phi) is 14.0. The standard InChI is InChI=1S/C19H37N5O3.HI/c1-9-12-20-16(21-13-15(25)24(7)8)22-14-19(10-2,11-3)23-17(26)27-18(4,5)6;/h9H,1,10-14H2,2-8H3,(H,23,26)(H2,20,21,22);1H. The van der Waals surface area contributed by atoms with Crippen LogP contribution in [0.4, 0.5) is 4.79 Å². The number of nitrogens with one attached hydrogen (secondary N) is 3. The highest BCUT2D eigenvalue weighted by Gasteiger charge is 2.30. The molecule has 0 unspecified atom stereocenters. The van der Waals surface area contributed by atoms with E-state index in [0.29, 0.717) is 31.9 Å². The molecular weight excluding hydrogens is 473 g/mol. The number of aliphatic imine (C=N–C) groups is 1. The zero-order valence-corrected chi connectivity index (χ0v) is 20.7. The van der Waals surface area contributed by atoms with Crippen LogP contribution in [0.2, 0.25) is 0 Å². The number of rotatable bonds is 9. The number of guanidine groups is 1. The van der Waals surface area contributed by atoms with Crippen molar-refractivity contribution in [1.29, 1.82) is 0 Å². The zero-order valence-electron chi connectivity index (χ0n) is 18.3. The Balaban J connectivity index is 0. The molecule has 0 aliphatic carbocycles. The SMILES string of the molecule is C=CCNC(=NCC(=O)N(C)C)NCC(CC)(CC)NC(=O)OC(C)(C)C.I. The summed E-state index contributed by atoms with van der Waals surface area (Å²) in [4.78, 5) is 29.8. The van der Waals surface area contributed by atoms with Crippen LogP contribution in [-0.2, 0) is 9.53 Å². The molecule has 0 aliphatic rings. The molecule has 0 aliphatic heterocycles. The fourth-order valence-electron chi connectivity index (χ4n) is 2.13. The first-order valence-corrected chi connectivity index (χ1v) is 9.33. The lowest BCUT2D eigenvalue weighted by Crippen LogP contribution is -2.57. The second kappa shape index (κ2) is 13.6. The first-order chi connectivity index (χ1) is 12.5. The van der Waals surface area contributed by atoms with Crippen molar-refractivity contribution >= 4 is 41.9 Å². The smallest absolute Gasteiger partial charge is 0.408 e. The van der Waals surface area contributed by atoms with Crippen molar-refractivity contribution in [2.24, 2.45) is 4.99 Å². The van der Waals surface area contributed by atoms with E-state index in [1.54, 1.807) is 20.2 Å². The monoisotopic (exact) mass is 511 g/mol. The van der Waals surface area contributed by atoms with Gasteiger partial charge in [-0.2, -0.15) is 0 Å². The largest absolute Gasteiger partial charge is 0.444 e. The van der Waals surface area contributed by atoms with Crippen LogP contribution in [0.1, 0.15) is 47.5 Å². The summed E-state index contributed by atoms with van der Waals surface area (Å²) in [6.07, 6.45) is 2.67. The number of hydrogen-bond acceptors (Lipinski definition) is 4. The van der Waals surface area contributed by atoms with Crippen molar-refractivity contribution in [2.45, 2.75) is 58.6 Å². The van der Waals surface area contributed by atoms with Crippen LogP contribution in [0.15, 0.2) is 17.6 Å². The molecule has 0 saturated carbocycles. The molecule has 0 aromatic rings. The highest BCUT2D eigenvalue weighted by atomic mass is 127. The first kappa shape index (κ1) is 28.7. The number of ether oxygens (including phenoxy) is 1. The van der Waals surface area contributed by atoms with E-state index < -0.39 is 17.2 Å². The molecule has 2 amide bonds. The molecule has 0 bridgehead atoms. The fourth-order valence-corrected chi connectivity index (χ4v) is 2.13. The van der Waals surface area contributed by atoms with Gasteiger partial charge in [0.05, 0.1) is 5.54 Å². The van der Waals surface area contributed by atoms with Crippen LogP contribution >= 0.6 is 24.0 Å². The van der Waals surface area contributed by atoms with Crippen molar-refractivity contribution in [1.82, 2.24) is 20.9 Å². The van der Waals surface area contributed by atoms with Gasteiger partial charge in [-0.25, -0.2) is 9.79 Å². The highest BCUT2D eigenvalue weighted by molar-refractivity contribution is 14.0. The number of carbonyl (C=O) groups is 2. The Morgan fingerprint density at radius 1 is 1.14 bits per heavy atom. The molecule has 0 saturated heterocycles. The Morgan fingerprint density at radius 2 is 1.71 bits per heavy atom. The lowest BCUT2D eigenvalue weighted by Gasteiger charge is -2.34. The maximum absolute atomic E-state index is 12.2. The molecule has 0 atom stereocenters. The summed E-state index contributed by atoms with van der Waals surface area (Å²) in [6.45, 7) is 14.2. The Morgan fingerprint density at radius 3 is 2.14 bits per heavy atom. The molecule has 164 valence electrons. The lowest BCUT2D eigenvalue weighted by molar-refractivity contribution is -0.127. The fraction of sp³-hybridized carbons (Fsp3) is 0.737. The predicted molar refractivity (Wildman–Crippen MR) is 125 cm³/mol. The summed E-state index contributed by atoms with van der Waals surface area (Å²) in [5.74, 6) is 0.390. The molecule has 0 radical (unpaired) electrons. The van der Waals surface area contributed by atoms with Crippen LogP contribution in [0.3, 0.4) is 0 Å². The Labute approximate surface area is 187 Å². The lowest BCUT2D eigenvalue weighted by atomic mass is 9.93. The minimum Gasteiger partial charge on any atom is -0.444 e. The third kappa shape index (κ3) is 12.0. The minimum atomic E-state index is -0.560. The predicted octanol–water partition coefficient (Wildman–Crippen LogP) is 2.50. The van der Waals surface area contributed by atoms with E-state index in [1.165, 1.54) is 4.90 Å². The van der Waals surface area contributed by atoms with E-state index in [-0.39, 0.29) is 36.4 Å². The highest BCUT2D eigenvalue weighted by Crippen LogP contribution is 2.16. The third-order valence-corrected chi connectivity index (χ3v) is 4.00. The molecular formula is C19H38IN5O3. The third-order valence-electron chi connectivity index (χ3n) is 4.00. The summed E-state index contributed by atoms with van der Waals surface area (Å²) in [7, 11) is 3.37. The minimum absolute atomic E-state index is 0. The number of amides is 2. The van der Waals surface area contributed by atoms with Gasteiger partial charge in [-0.15, -0.1) is 30.6 Å². The van der Waals surface area contributed by atoms with Gasteiger partial charge in [-0.1, -0.05) is 19.9 Å². The van der Waals surface area contributed by atoms with E-state index >= 15 is 0 Å². The molecule has 8 nitrogen and oxygen atoms in total.